The van der Waals surface area contributed by atoms with Gasteiger partial charge in [0, 0.05) is 11.8 Å². The average molecular weight is 280 g/mol. The van der Waals surface area contributed by atoms with E-state index in [4.69, 9.17) is 4.74 Å². The van der Waals surface area contributed by atoms with E-state index in [9.17, 15) is 4.79 Å². The zero-order valence-electron chi connectivity index (χ0n) is 12.2. The molecule has 0 aromatic carbocycles. The van der Waals surface area contributed by atoms with Crippen LogP contribution in [0.3, 0.4) is 0 Å². The van der Waals surface area contributed by atoms with Crippen LogP contribution in [0.15, 0.2) is 6.07 Å². The summed E-state index contributed by atoms with van der Waals surface area (Å²) in [5.74, 6) is 0.901. The molecule has 1 saturated heterocycles. The third kappa shape index (κ3) is 4.61. The second-order valence-corrected chi connectivity index (χ2v) is 5.48. The molecule has 0 atom stereocenters. The second kappa shape index (κ2) is 7.40. The van der Waals surface area contributed by atoms with Crippen molar-refractivity contribution in [2.45, 2.75) is 45.1 Å². The summed E-state index contributed by atoms with van der Waals surface area (Å²) in [6.07, 6.45) is 2.72. The van der Waals surface area contributed by atoms with Crippen LogP contribution in [0.2, 0.25) is 0 Å². The van der Waals surface area contributed by atoms with Crippen LogP contribution < -0.4 is 10.6 Å². The minimum absolute atomic E-state index is 0.0549. The summed E-state index contributed by atoms with van der Waals surface area (Å²) in [5.41, 5.74) is 1.02. The van der Waals surface area contributed by atoms with E-state index in [0.29, 0.717) is 30.9 Å². The van der Waals surface area contributed by atoms with Gasteiger partial charge in [0.1, 0.15) is 0 Å². The highest BCUT2D eigenvalue weighted by Crippen LogP contribution is 2.15. The Hall–Kier alpha value is -1.40. The Balaban J connectivity index is 1.66. The first kappa shape index (κ1) is 15.0. The first-order chi connectivity index (χ1) is 9.65. The molecule has 6 nitrogen and oxygen atoms in total. The molecule has 0 bridgehead atoms. The number of piperidine rings is 1. The molecule has 1 amide bonds. The highest BCUT2D eigenvalue weighted by molar-refractivity contribution is 5.89. The van der Waals surface area contributed by atoms with Gasteiger partial charge in [-0.1, -0.05) is 13.8 Å². The quantitative estimate of drug-likeness (QED) is 0.740. The molecule has 0 aliphatic carbocycles. The van der Waals surface area contributed by atoms with Crippen molar-refractivity contribution >= 4 is 11.7 Å². The van der Waals surface area contributed by atoms with Crippen molar-refractivity contribution in [3.8, 4) is 0 Å². The van der Waals surface area contributed by atoms with Gasteiger partial charge in [-0.3, -0.25) is 9.89 Å². The smallest absolute Gasteiger partial charge is 0.227 e. The number of hydrogen-bond donors (Lipinski definition) is 3. The van der Waals surface area contributed by atoms with Crippen molar-refractivity contribution in [2.24, 2.45) is 0 Å². The number of nitrogens with zero attached hydrogens (tertiary/aromatic N) is 1. The summed E-state index contributed by atoms with van der Waals surface area (Å²) >= 11 is 0. The van der Waals surface area contributed by atoms with Gasteiger partial charge >= 0.3 is 0 Å². The van der Waals surface area contributed by atoms with Crippen molar-refractivity contribution in [2.75, 3.05) is 25.0 Å². The number of nitrogens with one attached hydrogen (secondary N) is 3. The van der Waals surface area contributed by atoms with Crippen molar-refractivity contribution in [1.29, 1.82) is 0 Å². The number of hydrogen-bond acceptors (Lipinski definition) is 4. The molecule has 112 valence electrons. The lowest BCUT2D eigenvalue weighted by Gasteiger charge is -2.22. The molecule has 0 radical (unpaired) electrons. The standard InChI is InChI=1S/C14H24N4O2/c1-10(2)12-9-13(18-17-12)16-14(19)5-8-20-11-3-6-15-7-4-11/h9-11,15H,3-8H2,1-2H3,(H2,16,17,18,19). The second-order valence-electron chi connectivity index (χ2n) is 5.48. The zero-order valence-corrected chi connectivity index (χ0v) is 12.2. The number of rotatable bonds is 6. The van der Waals surface area contributed by atoms with E-state index in [1.54, 1.807) is 0 Å². The molecule has 20 heavy (non-hydrogen) atoms. The lowest BCUT2D eigenvalue weighted by Crippen LogP contribution is -2.33. The van der Waals surface area contributed by atoms with Crippen LogP contribution in [0.5, 0.6) is 0 Å². The predicted octanol–water partition coefficient (Wildman–Crippen LogP) is 1.63. The van der Waals surface area contributed by atoms with E-state index < -0.39 is 0 Å². The van der Waals surface area contributed by atoms with Crippen molar-refractivity contribution in [1.82, 2.24) is 15.5 Å². The van der Waals surface area contributed by atoms with Gasteiger partial charge in [0.2, 0.25) is 5.91 Å². The number of H-pyrrole nitrogens is 1. The first-order valence-electron chi connectivity index (χ1n) is 7.32. The summed E-state index contributed by atoms with van der Waals surface area (Å²) in [5, 5.41) is 13.1. The highest BCUT2D eigenvalue weighted by atomic mass is 16.5. The van der Waals surface area contributed by atoms with Crippen LogP contribution in [-0.4, -0.2) is 41.9 Å². The third-order valence-electron chi connectivity index (χ3n) is 3.46. The first-order valence-corrected chi connectivity index (χ1v) is 7.32. The van der Waals surface area contributed by atoms with Crippen LogP contribution in [0.1, 0.15) is 44.7 Å². The van der Waals surface area contributed by atoms with Crippen LogP contribution in [-0.2, 0) is 9.53 Å². The topological polar surface area (TPSA) is 79.0 Å². The van der Waals surface area contributed by atoms with Gasteiger partial charge in [-0.05, 0) is 31.8 Å². The largest absolute Gasteiger partial charge is 0.378 e. The molecule has 1 aromatic heterocycles. The van der Waals surface area contributed by atoms with Crippen molar-refractivity contribution in [3.05, 3.63) is 11.8 Å². The number of ether oxygens (including phenoxy) is 1. The van der Waals surface area contributed by atoms with Gasteiger partial charge in [0.15, 0.2) is 5.82 Å². The number of carbonyl (C=O) groups is 1. The Bertz CT molecular complexity index is 425. The number of carbonyl (C=O) groups excluding carboxylic acids is 1. The zero-order chi connectivity index (χ0) is 14.4. The van der Waals surface area contributed by atoms with Crippen molar-refractivity contribution < 1.29 is 9.53 Å². The lowest BCUT2D eigenvalue weighted by molar-refractivity contribution is -0.117. The Morgan fingerprint density at radius 3 is 2.90 bits per heavy atom. The van der Waals surface area contributed by atoms with Gasteiger partial charge in [-0.25, -0.2) is 0 Å². The van der Waals surface area contributed by atoms with Crippen LogP contribution in [0.4, 0.5) is 5.82 Å². The van der Waals surface area contributed by atoms with E-state index in [1.807, 2.05) is 6.07 Å². The molecule has 6 heteroatoms. The summed E-state index contributed by atoms with van der Waals surface area (Å²) < 4.78 is 5.71. The fourth-order valence-electron chi connectivity index (χ4n) is 2.18. The summed E-state index contributed by atoms with van der Waals surface area (Å²) in [7, 11) is 0. The monoisotopic (exact) mass is 280 g/mol. The molecule has 1 aliphatic heterocycles. The molecule has 0 spiro atoms. The maximum atomic E-state index is 11.8. The fraction of sp³-hybridized carbons (Fsp3) is 0.714. The summed E-state index contributed by atoms with van der Waals surface area (Å²) in [6, 6.07) is 1.87. The average Bonchev–Trinajstić information content (AvgIpc) is 2.88. The molecular weight excluding hydrogens is 256 g/mol. The Kier molecular flexibility index (Phi) is 5.55. The molecule has 0 unspecified atom stereocenters. The normalized spacial score (nSPS) is 16.6. The molecule has 1 fully saturated rings. The SMILES string of the molecule is CC(C)c1cc(NC(=O)CCOC2CCNCC2)n[nH]1. The minimum Gasteiger partial charge on any atom is -0.378 e. The minimum atomic E-state index is -0.0549. The van der Waals surface area contributed by atoms with E-state index in [1.165, 1.54) is 0 Å². The molecule has 2 heterocycles. The number of aromatic amines is 1. The third-order valence-corrected chi connectivity index (χ3v) is 3.46. The molecule has 2 rings (SSSR count). The maximum Gasteiger partial charge on any atom is 0.227 e. The van der Waals surface area contributed by atoms with Crippen LogP contribution >= 0.6 is 0 Å². The molecule has 3 N–H and O–H groups in total. The number of aromatic nitrogens is 2. The molecular formula is C14H24N4O2. The van der Waals surface area contributed by atoms with Gasteiger partial charge in [0.05, 0.1) is 19.1 Å². The van der Waals surface area contributed by atoms with E-state index >= 15 is 0 Å². The Labute approximate surface area is 119 Å². The van der Waals surface area contributed by atoms with Gasteiger partial charge in [-0.15, -0.1) is 0 Å². The van der Waals surface area contributed by atoms with Crippen molar-refractivity contribution in [3.63, 3.8) is 0 Å². The summed E-state index contributed by atoms with van der Waals surface area (Å²) in [4.78, 5) is 11.8. The highest BCUT2D eigenvalue weighted by Gasteiger charge is 2.14. The van der Waals surface area contributed by atoms with E-state index in [-0.39, 0.29) is 5.91 Å². The molecule has 0 saturated carbocycles. The number of amides is 1. The van der Waals surface area contributed by atoms with Gasteiger partial charge < -0.3 is 15.4 Å². The van der Waals surface area contributed by atoms with Crippen LogP contribution in [0, 0.1) is 0 Å². The molecule has 1 aliphatic rings. The van der Waals surface area contributed by atoms with Crippen LogP contribution in [0.25, 0.3) is 0 Å². The Morgan fingerprint density at radius 2 is 2.25 bits per heavy atom. The Morgan fingerprint density at radius 1 is 1.50 bits per heavy atom. The number of anilines is 1. The van der Waals surface area contributed by atoms with E-state index in [2.05, 4.69) is 34.7 Å². The van der Waals surface area contributed by atoms with Gasteiger partial charge in [0.25, 0.3) is 0 Å². The predicted molar refractivity (Wildman–Crippen MR) is 77.8 cm³/mol. The lowest BCUT2D eigenvalue weighted by atomic mass is 10.1. The maximum absolute atomic E-state index is 11.8. The fourth-order valence-corrected chi connectivity index (χ4v) is 2.18. The summed E-state index contributed by atoms with van der Waals surface area (Å²) in [6.45, 7) is 6.63. The van der Waals surface area contributed by atoms with E-state index in [0.717, 1.165) is 31.6 Å². The van der Waals surface area contributed by atoms with Gasteiger partial charge in [-0.2, -0.15) is 5.10 Å². The molecule has 1 aromatic rings.